The Morgan fingerprint density at radius 3 is 2.56 bits per heavy atom. The molecule has 2 aromatic rings. The van der Waals surface area contributed by atoms with Gasteiger partial charge in [0.05, 0.1) is 29.9 Å². The molecule has 9 nitrogen and oxygen atoms in total. The fourth-order valence-corrected chi connectivity index (χ4v) is 5.87. The third-order valence-electron chi connectivity index (χ3n) is 6.40. The zero-order valence-corrected chi connectivity index (χ0v) is 19.7. The van der Waals surface area contributed by atoms with E-state index in [9.17, 15) is 10.1 Å². The minimum Gasteiger partial charge on any atom is -0.495 e. The largest absolute Gasteiger partial charge is 0.495 e. The summed E-state index contributed by atoms with van der Waals surface area (Å²) < 4.78 is 10.6. The van der Waals surface area contributed by atoms with Gasteiger partial charge in [0.2, 0.25) is 11.6 Å². The number of anilines is 3. The number of nitrogens with one attached hydrogen (secondary N) is 1. The van der Waals surface area contributed by atoms with Gasteiger partial charge in [-0.05, 0) is 36.2 Å². The van der Waals surface area contributed by atoms with Crippen LogP contribution in [0.3, 0.4) is 0 Å². The molecule has 0 spiro atoms. The lowest BCUT2D eigenvalue weighted by atomic mass is 9.65. The van der Waals surface area contributed by atoms with Crippen molar-refractivity contribution in [3.63, 3.8) is 0 Å². The molecule has 1 saturated carbocycles. The number of benzene rings is 1. The molecule has 10 heteroatoms. The van der Waals surface area contributed by atoms with Gasteiger partial charge in [-0.1, -0.05) is 32.4 Å². The molecule has 2 unspecified atom stereocenters. The standard InChI is InChI=1S/C22H28ClN5O4/c1-21(2)8-13-9-22(3,10-21)11-27(13)20-18(28(29)30)19(24-12-25-20)26-15-6-14(23)16(31-4)7-17(15)32-5/h6-7,12-13H,8-11H2,1-5H3,(H,24,25,26). The van der Waals surface area contributed by atoms with Gasteiger partial charge in [0, 0.05) is 18.7 Å². The molecule has 1 N–H and O–H groups in total. The van der Waals surface area contributed by atoms with Crippen LogP contribution < -0.4 is 19.7 Å². The molecule has 0 radical (unpaired) electrons. The summed E-state index contributed by atoms with van der Waals surface area (Å²) in [6, 6.07) is 3.41. The van der Waals surface area contributed by atoms with Crippen LogP contribution in [0, 0.1) is 20.9 Å². The van der Waals surface area contributed by atoms with Crippen LogP contribution in [-0.4, -0.2) is 41.7 Å². The summed E-state index contributed by atoms with van der Waals surface area (Å²) in [7, 11) is 3.00. The van der Waals surface area contributed by atoms with E-state index in [2.05, 4.69) is 41.0 Å². The number of nitro groups is 1. The number of methoxy groups -OCH3 is 2. The van der Waals surface area contributed by atoms with Crippen molar-refractivity contribution in [2.75, 3.05) is 31.0 Å². The van der Waals surface area contributed by atoms with Crippen LogP contribution >= 0.6 is 11.6 Å². The molecule has 32 heavy (non-hydrogen) atoms. The highest BCUT2D eigenvalue weighted by atomic mass is 35.5. The van der Waals surface area contributed by atoms with E-state index in [0.29, 0.717) is 28.0 Å². The van der Waals surface area contributed by atoms with Gasteiger partial charge in [-0.3, -0.25) is 10.1 Å². The Balaban J connectivity index is 1.75. The number of hydrogen-bond donors (Lipinski definition) is 1. The maximum Gasteiger partial charge on any atom is 0.353 e. The summed E-state index contributed by atoms with van der Waals surface area (Å²) in [5.41, 5.74) is 0.573. The molecule has 1 aliphatic carbocycles. The van der Waals surface area contributed by atoms with Crippen molar-refractivity contribution in [2.24, 2.45) is 10.8 Å². The first-order valence-electron chi connectivity index (χ1n) is 10.5. The molecule has 2 atom stereocenters. The topological polar surface area (TPSA) is 103 Å². The summed E-state index contributed by atoms with van der Waals surface area (Å²) >= 11 is 6.27. The Bertz CT molecular complexity index is 1060. The number of ether oxygens (including phenoxy) is 2. The summed E-state index contributed by atoms with van der Waals surface area (Å²) in [4.78, 5) is 22.4. The second-order valence-electron chi connectivity index (χ2n) is 9.81. The highest BCUT2D eigenvalue weighted by Gasteiger charge is 2.51. The van der Waals surface area contributed by atoms with E-state index >= 15 is 0 Å². The van der Waals surface area contributed by atoms with Crippen LogP contribution in [0.25, 0.3) is 0 Å². The maximum atomic E-state index is 12.2. The van der Waals surface area contributed by atoms with Crippen LogP contribution in [0.2, 0.25) is 5.02 Å². The molecular formula is C22H28ClN5O4. The van der Waals surface area contributed by atoms with Crippen molar-refractivity contribution < 1.29 is 14.4 Å². The van der Waals surface area contributed by atoms with Crippen LogP contribution in [0.5, 0.6) is 11.5 Å². The van der Waals surface area contributed by atoms with Crippen LogP contribution in [0.1, 0.15) is 40.0 Å². The van der Waals surface area contributed by atoms with Gasteiger partial charge in [-0.25, -0.2) is 9.97 Å². The molecule has 1 saturated heterocycles. The Morgan fingerprint density at radius 2 is 1.91 bits per heavy atom. The van der Waals surface area contributed by atoms with Crippen molar-refractivity contribution >= 4 is 34.6 Å². The van der Waals surface area contributed by atoms with E-state index in [-0.39, 0.29) is 28.4 Å². The minimum atomic E-state index is -0.426. The lowest BCUT2D eigenvalue weighted by Gasteiger charge is -2.39. The van der Waals surface area contributed by atoms with Crippen molar-refractivity contribution in [3.05, 3.63) is 33.6 Å². The molecule has 172 valence electrons. The molecular weight excluding hydrogens is 434 g/mol. The van der Waals surface area contributed by atoms with Gasteiger partial charge >= 0.3 is 5.69 Å². The highest BCUT2D eigenvalue weighted by Crippen LogP contribution is 2.54. The van der Waals surface area contributed by atoms with Gasteiger partial charge in [0.25, 0.3) is 0 Å². The summed E-state index contributed by atoms with van der Waals surface area (Å²) in [6.07, 6.45) is 4.41. The number of fused-ring (bicyclic) bond motifs is 2. The third kappa shape index (κ3) is 4.01. The van der Waals surface area contributed by atoms with Gasteiger partial charge in [0.1, 0.15) is 17.8 Å². The number of rotatable bonds is 6. The van der Waals surface area contributed by atoms with Crippen LogP contribution in [-0.2, 0) is 0 Å². The number of halogens is 1. The van der Waals surface area contributed by atoms with Gasteiger partial charge in [-0.2, -0.15) is 0 Å². The Labute approximate surface area is 192 Å². The van der Waals surface area contributed by atoms with E-state index in [4.69, 9.17) is 21.1 Å². The molecule has 1 aromatic carbocycles. The maximum absolute atomic E-state index is 12.2. The monoisotopic (exact) mass is 461 g/mol. The molecule has 1 aliphatic heterocycles. The van der Waals surface area contributed by atoms with Crippen molar-refractivity contribution in [1.29, 1.82) is 0 Å². The predicted molar refractivity (Wildman–Crippen MR) is 123 cm³/mol. The Hall–Kier alpha value is -2.81. The average Bonchev–Trinajstić information content (AvgIpc) is 2.96. The molecule has 2 fully saturated rings. The van der Waals surface area contributed by atoms with E-state index < -0.39 is 4.92 Å². The van der Waals surface area contributed by atoms with Gasteiger partial charge < -0.3 is 19.7 Å². The van der Waals surface area contributed by atoms with Crippen molar-refractivity contribution in [3.8, 4) is 11.5 Å². The number of aromatic nitrogens is 2. The summed E-state index contributed by atoms with van der Waals surface area (Å²) in [5, 5.41) is 15.6. The van der Waals surface area contributed by atoms with Crippen molar-refractivity contribution in [2.45, 2.75) is 46.1 Å². The Morgan fingerprint density at radius 1 is 1.19 bits per heavy atom. The predicted octanol–water partition coefficient (Wildman–Crippen LogP) is 5.20. The fourth-order valence-electron chi connectivity index (χ4n) is 5.63. The number of hydrogen-bond acceptors (Lipinski definition) is 8. The van der Waals surface area contributed by atoms with Crippen LogP contribution in [0.4, 0.5) is 23.0 Å². The highest BCUT2D eigenvalue weighted by molar-refractivity contribution is 6.32. The van der Waals surface area contributed by atoms with Gasteiger partial charge in [-0.15, -0.1) is 0 Å². The lowest BCUT2D eigenvalue weighted by molar-refractivity contribution is -0.383. The zero-order chi connectivity index (χ0) is 23.3. The first-order valence-corrected chi connectivity index (χ1v) is 10.9. The van der Waals surface area contributed by atoms with Crippen LogP contribution in [0.15, 0.2) is 18.5 Å². The van der Waals surface area contributed by atoms with E-state index in [0.717, 1.165) is 25.8 Å². The van der Waals surface area contributed by atoms with E-state index in [1.807, 2.05) is 0 Å². The quantitative estimate of drug-likeness (QED) is 0.462. The second-order valence-corrected chi connectivity index (χ2v) is 10.2. The average molecular weight is 462 g/mol. The first-order chi connectivity index (χ1) is 15.1. The smallest absolute Gasteiger partial charge is 0.353 e. The number of nitrogens with zero attached hydrogens (tertiary/aromatic N) is 4. The van der Waals surface area contributed by atoms with E-state index in [1.54, 1.807) is 12.1 Å². The molecule has 2 bridgehead atoms. The van der Waals surface area contributed by atoms with E-state index in [1.165, 1.54) is 20.5 Å². The molecule has 4 rings (SSSR count). The normalized spacial score (nSPS) is 23.7. The SMILES string of the molecule is COc1cc(OC)c(Nc2ncnc(N3CC4(C)CC3CC(C)(C)C4)c2[N+](=O)[O-])cc1Cl. The minimum absolute atomic E-state index is 0.0883. The molecule has 2 heterocycles. The molecule has 1 aromatic heterocycles. The molecule has 0 amide bonds. The Kier molecular flexibility index (Phi) is 5.56. The van der Waals surface area contributed by atoms with Crippen molar-refractivity contribution in [1.82, 2.24) is 9.97 Å². The lowest BCUT2D eigenvalue weighted by Crippen LogP contribution is -2.35. The fraction of sp³-hybridized carbons (Fsp3) is 0.545. The second kappa shape index (κ2) is 7.95. The summed E-state index contributed by atoms with van der Waals surface area (Å²) in [6.45, 7) is 7.53. The summed E-state index contributed by atoms with van der Waals surface area (Å²) in [5.74, 6) is 1.29. The molecule has 2 aliphatic rings. The first kappa shape index (κ1) is 22.4. The third-order valence-corrected chi connectivity index (χ3v) is 6.69. The van der Waals surface area contributed by atoms with Gasteiger partial charge in [0.15, 0.2) is 0 Å². The zero-order valence-electron chi connectivity index (χ0n) is 18.9.